The van der Waals surface area contributed by atoms with E-state index >= 15 is 0 Å². The van der Waals surface area contributed by atoms with Crippen molar-refractivity contribution in [2.24, 2.45) is 0 Å². The van der Waals surface area contributed by atoms with Crippen LogP contribution in [0.25, 0.3) is 11.5 Å². The van der Waals surface area contributed by atoms with Gasteiger partial charge in [0.2, 0.25) is 11.8 Å². The molecule has 0 saturated heterocycles. The number of hydrogen-bond donors (Lipinski definition) is 0. The number of ether oxygens (including phenoxy) is 1. The third kappa shape index (κ3) is 5.89. The first-order valence-corrected chi connectivity index (χ1v) is 10.1. The van der Waals surface area contributed by atoms with Gasteiger partial charge in [0.05, 0.1) is 12.3 Å². The minimum Gasteiger partial charge on any atom is -0.492 e. The molecule has 9 heteroatoms. The highest BCUT2D eigenvalue weighted by Crippen LogP contribution is 2.24. The van der Waals surface area contributed by atoms with E-state index in [4.69, 9.17) is 32.4 Å². The van der Waals surface area contributed by atoms with Gasteiger partial charge in [-0.05, 0) is 48.5 Å². The summed E-state index contributed by atoms with van der Waals surface area (Å²) in [5.74, 6) is 1.23. The maximum Gasteiger partial charge on any atom is 0.277 e. The van der Waals surface area contributed by atoms with Crippen molar-refractivity contribution < 1.29 is 13.9 Å². The lowest BCUT2D eigenvalue weighted by molar-refractivity contribution is -0.127. The summed E-state index contributed by atoms with van der Waals surface area (Å²) in [6.45, 7) is 0.845. The molecule has 0 atom stereocenters. The van der Waals surface area contributed by atoms with E-state index in [2.05, 4.69) is 10.2 Å². The van der Waals surface area contributed by atoms with Gasteiger partial charge in [-0.1, -0.05) is 35.0 Å². The van der Waals surface area contributed by atoms with E-state index in [0.29, 0.717) is 40.1 Å². The van der Waals surface area contributed by atoms with Crippen molar-refractivity contribution >= 4 is 40.9 Å². The molecule has 0 bridgehead atoms. The molecule has 0 saturated carbocycles. The number of likely N-dealkylation sites (N-methyl/N-ethyl adjacent to an activating group) is 1. The Kier molecular flexibility index (Phi) is 7.19. The molecule has 6 nitrogen and oxygen atoms in total. The Labute approximate surface area is 176 Å². The number of amides is 1. The van der Waals surface area contributed by atoms with Crippen molar-refractivity contribution in [3.8, 4) is 17.2 Å². The van der Waals surface area contributed by atoms with E-state index in [1.165, 1.54) is 11.8 Å². The molecule has 0 aliphatic carbocycles. The van der Waals surface area contributed by atoms with Crippen molar-refractivity contribution in [2.75, 3.05) is 26.0 Å². The predicted octanol–water partition coefficient (Wildman–Crippen LogP) is 4.67. The molecule has 0 radical (unpaired) electrons. The topological polar surface area (TPSA) is 68.5 Å². The van der Waals surface area contributed by atoms with Crippen LogP contribution in [0.5, 0.6) is 5.75 Å². The number of carbonyl (C=O) groups is 1. The van der Waals surface area contributed by atoms with E-state index in [9.17, 15) is 4.79 Å². The molecule has 0 N–H and O–H groups in total. The maximum atomic E-state index is 12.2. The average molecular weight is 438 g/mol. The number of hydrogen-bond acceptors (Lipinski definition) is 6. The molecule has 1 amide bonds. The minimum absolute atomic E-state index is 0.0593. The van der Waals surface area contributed by atoms with E-state index in [0.717, 1.165) is 5.56 Å². The van der Waals surface area contributed by atoms with Crippen LogP contribution in [0.2, 0.25) is 10.0 Å². The molecule has 0 aliphatic heterocycles. The molecule has 0 unspecified atom stereocenters. The van der Waals surface area contributed by atoms with Gasteiger partial charge in [0.15, 0.2) is 0 Å². The summed E-state index contributed by atoms with van der Waals surface area (Å²) in [5.41, 5.74) is 0.770. The zero-order valence-corrected chi connectivity index (χ0v) is 17.3. The van der Waals surface area contributed by atoms with Crippen molar-refractivity contribution in [1.29, 1.82) is 0 Å². The summed E-state index contributed by atoms with van der Waals surface area (Å²) in [6.07, 6.45) is 0. The molecule has 1 heterocycles. The van der Waals surface area contributed by atoms with Gasteiger partial charge in [-0.25, -0.2) is 0 Å². The summed E-state index contributed by atoms with van der Waals surface area (Å²) in [4.78, 5) is 13.8. The van der Waals surface area contributed by atoms with Crippen molar-refractivity contribution in [3.05, 3.63) is 58.6 Å². The highest BCUT2D eigenvalue weighted by molar-refractivity contribution is 7.99. The Balaban J connectivity index is 1.43. The highest BCUT2D eigenvalue weighted by atomic mass is 35.5. The van der Waals surface area contributed by atoms with Crippen LogP contribution in [0.3, 0.4) is 0 Å². The van der Waals surface area contributed by atoms with Gasteiger partial charge < -0.3 is 14.1 Å². The quantitative estimate of drug-likeness (QED) is 0.476. The van der Waals surface area contributed by atoms with Gasteiger partial charge in [-0.15, -0.1) is 10.2 Å². The Morgan fingerprint density at radius 2 is 1.71 bits per heavy atom. The van der Waals surface area contributed by atoms with Crippen LogP contribution in [0.4, 0.5) is 0 Å². The van der Waals surface area contributed by atoms with Crippen LogP contribution in [0.1, 0.15) is 0 Å². The van der Waals surface area contributed by atoms with E-state index in [1.54, 1.807) is 60.5 Å². The zero-order valence-electron chi connectivity index (χ0n) is 15.0. The predicted molar refractivity (Wildman–Crippen MR) is 110 cm³/mol. The highest BCUT2D eigenvalue weighted by Gasteiger charge is 2.14. The molecule has 0 fully saturated rings. The maximum absolute atomic E-state index is 12.2. The monoisotopic (exact) mass is 437 g/mol. The first-order valence-electron chi connectivity index (χ1n) is 8.36. The molecule has 0 spiro atoms. The second kappa shape index (κ2) is 9.82. The largest absolute Gasteiger partial charge is 0.492 e. The number of thioether (sulfide) groups is 1. The van der Waals surface area contributed by atoms with Gasteiger partial charge in [0, 0.05) is 22.7 Å². The fraction of sp³-hybridized carbons (Fsp3) is 0.211. The molecule has 1 aromatic heterocycles. The molecular formula is C19H17Cl2N3O3S. The lowest BCUT2D eigenvalue weighted by Crippen LogP contribution is -2.32. The number of rotatable bonds is 8. The molecular weight excluding hydrogens is 421 g/mol. The van der Waals surface area contributed by atoms with Gasteiger partial charge >= 0.3 is 0 Å². The van der Waals surface area contributed by atoms with Crippen LogP contribution in [0.15, 0.2) is 58.2 Å². The summed E-state index contributed by atoms with van der Waals surface area (Å²) in [5, 5.41) is 9.57. The number of benzene rings is 2. The SMILES string of the molecule is CN(CCOc1ccc(Cl)cc1)C(=O)CSc1nnc(-c2ccc(Cl)cc2)o1. The first kappa shape index (κ1) is 20.5. The van der Waals surface area contributed by atoms with Crippen molar-refractivity contribution in [1.82, 2.24) is 15.1 Å². The number of nitrogens with zero attached hydrogens (tertiary/aromatic N) is 3. The third-order valence-electron chi connectivity index (χ3n) is 3.75. The normalized spacial score (nSPS) is 10.7. The summed E-state index contributed by atoms with van der Waals surface area (Å²) in [7, 11) is 1.72. The molecule has 28 heavy (non-hydrogen) atoms. The lowest BCUT2D eigenvalue weighted by atomic mass is 10.2. The average Bonchev–Trinajstić information content (AvgIpc) is 3.17. The molecule has 3 rings (SSSR count). The third-order valence-corrected chi connectivity index (χ3v) is 5.06. The van der Waals surface area contributed by atoms with Gasteiger partial charge in [0.25, 0.3) is 5.22 Å². The summed E-state index contributed by atoms with van der Waals surface area (Å²) in [6, 6.07) is 14.2. The molecule has 2 aromatic carbocycles. The fourth-order valence-electron chi connectivity index (χ4n) is 2.17. The smallest absolute Gasteiger partial charge is 0.277 e. The van der Waals surface area contributed by atoms with Crippen LogP contribution < -0.4 is 4.74 Å². The Morgan fingerprint density at radius 3 is 2.39 bits per heavy atom. The number of halogens is 2. The van der Waals surface area contributed by atoms with E-state index in [-0.39, 0.29) is 11.7 Å². The first-order chi connectivity index (χ1) is 13.5. The summed E-state index contributed by atoms with van der Waals surface area (Å²) < 4.78 is 11.2. The van der Waals surface area contributed by atoms with Gasteiger partial charge in [-0.3, -0.25) is 4.79 Å². The molecule has 146 valence electrons. The van der Waals surface area contributed by atoms with E-state index in [1.807, 2.05) is 0 Å². The number of carbonyl (C=O) groups excluding carboxylic acids is 1. The second-order valence-corrected chi connectivity index (χ2v) is 7.59. The molecule has 3 aromatic rings. The minimum atomic E-state index is -0.0593. The molecule has 0 aliphatic rings. The van der Waals surface area contributed by atoms with E-state index < -0.39 is 0 Å². The summed E-state index contributed by atoms with van der Waals surface area (Å²) >= 11 is 12.9. The van der Waals surface area contributed by atoms with Crippen LogP contribution in [0, 0.1) is 0 Å². The second-order valence-electron chi connectivity index (χ2n) is 5.79. The zero-order chi connectivity index (χ0) is 19.9. The Morgan fingerprint density at radius 1 is 1.07 bits per heavy atom. The van der Waals surface area contributed by atoms with Gasteiger partial charge in [0.1, 0.15) is 12.4 Å². The fourth-order valence-corrected chi connectivity index (χ4v) is 3.12. The van der Waals surface area contributed by atoms with Gasteiger partial charge in [-0.2, -0.15) is 0 Å². The lowest BCUT2D eigenvalue weighted by Gasteiger charge is -2.16. The van der Waals surface area contributed by atoms with Crippen molar-refractivity contribution in [2.45, 2.75) is 5.22 Å². The van der Waals surface area contributed by atoms with Crippen LogP contribution in [-0.2, 0) is 4.79 Å². The van der Waals surface area contributed by atoms with Crippen molar-refractivity contribution in [3.63, 3.8) is 0 Å². The number of aromatic nitrogens is 2. The van der Waals surface area contributed by atoms with Crippen LogP contribution >= 0.6 is 35.0 Å². The standard InChI is InChI=1S/C19H17Cl2N3O3S/c1-24(10-11-26-16-8-6-15(21)7-9-16)17(25)12-28-19-23-22-18(27-19)13-2-4-14(20)5-3-13/h2-9H,10-12H2,1H3. The Bertz CT molecular complexity index is 917. The Hall–Kier alpha value is -2.22. The van der Waals surface area contributed by atoms with Crippen LogP contribution in [-0.4, -0.2) is 47.0 Å².